The number of carbonyl (C=O) groups is 1. The van der Waals surface area contributed by atoms with Crippen LogP contribution < -0.4 is 0 Å². The fourth-order valence-electron chi connectivity index (χ4n) is 1.16. The highest BCUT2D eigenvalue weighted by Gasteiger charge is 2.14. The van der Waals surface area contributed by atoms with Crippen LogP contribution in [-0.4, -0.2) is 37.6 Å². The van der Waals surface area contributed by atoms with Gasteiger partial charge in [-0.2, -0.15) is 5.10 Å². The molecular formula is C8H9N5OS. The zero-order valence-electron chi connectivity index (χ0n) is 8.04. The lowest BCUT2D eigenvalue weighted by Gasteiger charge is -2.13. The minimum absolute atomic E-state index is 0.134. The second-order valence-electron chi connectivity index (χ2n) is 3.06. The molecule has 0 aliphatic heterocycles. The molecular weight excluding hydrogens is 214 g/mol. The molecule has 2 aromatic heterocycles. The Kier molecular flexibility index (Phi) is 2.72. The van der Waals surface area contributed by atoms with Gasteiger partial charge >= 0.3 is 0 Å². The predicted molar refractivity (Wildman–Crippen MR) is 54.3 cm³/mol. The zero-order valence-corrected chi connectivity index (χ0v) is 8.86. The number of aromatic nitrogens is 4. The van der Waals surface area contributed by atoms with E-state index in [-0.39, 0.29) is 5.91 Å². The Labute approximate surface area is 90.1 Å². The molecule has 7 heteroatoms. The van der Waals surface area contributed by atoms with E-state index in [2.05, 4.69) is 19.8 Å². The van der Waals surface area contributed by atoms with E-state index in [4.69, 9.17) is 0 Å². The maximum absolute atomic E-state index is 11.7. The van der Waals surface area contributed by atoms with Crippen molar-refractivity contribution in [3.05, 3.63) is 29.0 Å². The van der Waals surface area contributed by atoms with Crippen molar-refractivity contribution in [2.45, 2.75) is 6.54 Å². The second kappa shape index (κ2) is 4.18. The topological polar surface area (TPSA) is 74.8 Å². The van der Waals surface area contributed by atoms with Crippen molar-refractivity contribution >= 4 is 17.4 Å². The summed E-state index contributed by atoms with van der Waals surface area (Å²) in [6.07, 6.45) is 3.44. The molecule has 15 heavy (non-hydrogen) atoms. The summed E-state index contributed by atoms with van der Waals surface area (Å²) in [7, 11) is 1.72. The summed E-state index contributed by atoms with van der Waals surface area (Å²) in [5.41, 5.74) is 1.33. The molecule has 1 N–H and O–H groups in total. The molecule has 0 spiro atoms. The van der Waals surface area contributed by atoms with E-state index < -0.39 is 0 Å². The van der Waals surface area contributed by atoms with Crippen molar-refractivity contribution in [1.29, 1.82) is 0 Å². The van der Waals surface area contributed by atoms with Gasteiger partial charge in [-0.15, -0.1) is 5.10 Å². The molecule has 0 radical (unpaired) electrons. The Hall–Kier alpha value is -1.76. The number of hydrogen-bond acceptors (Lipinski definition) is 5. The van der Waals surface area contributed by atoms with Gasteiger partial charge in [-0.05, 0) is 11.5 Å². The van der Waals surface area contributed by atoms with Gasteiger partial charge < -0.3 is 4.90 Å². The molecule has 2 rings (SSSR count). The SMILES string of the molecule is CN(Cc1cn[nH]c1)C(=O)c1csnn1. The van der Waals surface area contributed by atoms with Crippen LogP contribution in [0, 0.1) is 0 Å². The van der Waals surface area contributed by atoms with Gasteiger partial charge in [0, 0.05) is 30.7 Å². The summed E-state index contributed by atoms with van der Waals surface area (Å²) < 4.78 is 3.65. The molecule has 1 amide bonds. The maximum atomic E-state index is 11.7. The van der Waals surface area contributed by atoms with Gasteiger partial charge in [0.05, 0.1) is 6.20 Å². The van der Waals surface area contributed by atoms with Crippen LogP contribution in [-0.2, 0) is 6.54 Å². The monoisotopic (exact) mass is 223 g/mol. The van der Waals surface area contributed by atoms with Gasteiger partial charge in [-0.25, -0.2) is 0 Å². The summed E-state index contributed by atoms with van der Waals surface area (Å²) >= 11 is 1.17. The van der Waals surface area contributed by atoms with Gasteiger partial charge in [-0.3, -0.25) is 9.89 Å². The molecule has 0 aromatic carbocycles. The van der Waals surface area contributed by atoms with Crippen molar-refractivity contribution in [3.8, 4) is 0 Å². The van der Waals surface area contributed by atoms with Crippen LogP contribution in [0.2, 0.25) is 0 Å². The third-order valence-electron chi connectivity index (χ3n) is 1.90. The van der Waals surface area contributed by atoms with Crippen LogP contribution in [0.1, 0.15) is 16.1 Å². The molecule has 78 valence electrons. The third-order valence-corrected chi connectivity index (χ3v) is 2.41. The Morgan fingerprint density at radius 1 is 1.67 bits per heavy atom. The summed E-state index contributed by atoms with van der Waals surface area (Å²) in [5, 5.41) is 11.9. The quantitative estimate of drug-likeness (QED) is 0.823. The fourth-order valence-corrected chi connectivity index (χ4v) is 1.59. The standard InChI is InChI=1S/C8H9N5OS/c1-13(4-6-2-9-10-3-6)8(14)7-5-15-12-11-7/h2-3,5H,4H2,1H3,(H,9,10). The van der Waals surface area contributed by atoms with Crippen LogP contribution in [0.15, 0.2) is 17.8 Å². The van der Waals surface area contributed by atoms with Gasteiger partial charge in [0.25, 0.3) is 5.91 Å². The van der Waals surface area contributed by atoms with Crippen LogP contribution in [0.5, 0.6) is 0 Å². The molecule has 0 bridgehead atoms. The minimum atomic E-state index is -0.134. The lowest BCUT2D eigenvalue weighted by atomic mass is 10.3. The molecule has 0 fully saturated rings. The van der Waals surface area contributed by atoms with Crippen molar-refractivity contribution < 1.29 is 4.79 Å². The highest BCUT2D eigenvalue weighted by atomic mass is 32.1. The average Bonchev–Trinajstić information content (AvgIpc) is 2.88. The largest absolute Gasteiger partial charge is 0.336 e. The molecule has 0 saturated heterocycles. The van der Waals surface area contributed by atoms with Gasteiger partial charge in [0.1, 0.15) is 0 Å². The van der Waals surface area contributed by atoms with E-state index in [0.29, 0.717) is 12.2 Å². The summed E-state index contributed by atoms with van der Waals surface area (Å²) in [6.45, 7) is 0.507. The normalized spacial score (nSPS) is 10.2. The zero-order chi connectivity index (χ0) is 10.7. The number of nitrogens with one attached hydrogen (secondary N) is 1. The molecule has 2 aromatic rings. The van der Waals surface area contributed by atoms with E-state index in [1.807, 2.05) is 0 Å². The van der Waals surface area contributed by atoms with Crippen molar-refractivity contribution in [1.82, 2.24) is 24.7 Å². The van der Waals surface area contributed by atoms with E-state index in [1.54, 1.807) is 29.7 Å². The molecule has 2 heterocycles. The van der Waals surface area contributed by atoms with Crippen LogP contribution >= 0.6 is 11.5 Å². The maximum Gasteiger partial charge on any atom is 0.275 e. The van der Waals surface area contributed by atoms with Crippen LogP contribution in [0.4, 0.5) is 0 Å². The Morgan fingerprint density at radius 3 is 3.13 bits per heavy atom. The fraction of sp³-hybridized carbons (Fsp3) is 0.250. The number of H-pyrrole nitrogens is 1. The highest BCUT2D eigenvalue weighted by Crippen LogP contribution is 2.05. The van der Waals surface area contributed by atoms with Crippen molar-refractivity contribution in [2.75, 3.05) is 7.05 Å². The van der Waals surface area contributed by atoms with Crippen LogP contribution in [0.25, 0.3) is 0 Å². The van der Waals surface area contributed by atoms with E-state index in [9.17, 15) is 4.79 Å². The first kappa shape index (κ1) is 9.78. The number of aromatic amines is 1. The van der Waals surface area contributed by atoms with Gasteiger partial charge in [0.15, 0.2) is 5.69 Å². The first-order valence-corrected chi connectivity index (χ1v) is 5.11. The predicted octanol–water partition coefficient (Wildman–Crippen LogP) is 0.533. The van der Waals surface area contributed by atoms with Crippen molar-refractivity contribution in [3.63, 3.8) is 0 Å². The second-order valence-corrected chi connectivity index (χ2v) is 3.67. The molecule has 0 saturated carbocycles. The van der Waals surface area contributed by atoms with Gasteiger partial charge in [0.2, 0.25) is 0 Å². The lowest BCUT2D eigenvalue weighted by Crippen LogP contribution is -2.26. The van der Waals surface area contributed by atoms with E-state index >= 15 is 0 Å². The highest BCUT2D eigenvalue weighted by molar-refractivity contribution is 7.03. The molecule has 0 unspecified atom stereocenters. The Morgan fingerprint density at radius 2 is 2.53 bits per heavy atom. The molecule has 0 aliphatic carbocycles. The summed E-state index contributed by atoms with van der Waals surface area (Å²) in [6, 6.07) is 0. The number of carbonyl (C=O) groups excluding carboxylic acids is 1. The number of hydrogen-bond donors (Lipinski definition) is 1. The summed E-state index contributed by atoms with van der Waals surface area (Å²) in [4.78, 5) is 13.3. The van der Waals surface area contributed by atoms with Crippen molar-refractivity contribution in [2.24, 2.45) is 0 Å². The minimum Gasteiger partial charge on any atom is -0.336 e. The molecule has 6 nitrogen and oxygen atoms in total. The molecule has 0 atom stereocenters. The Bertz CT molecular complexity index is 424. The van der Waals surface area contributed by atoms with Crippen LogP contribution in [0.3, 0.4) is 0 Å². The summed E-state index contributed by atoms with van der Waals surface area (Å²) in [5.74, 6) is -0.134. The van der Waals surface area contributed by atoms with E-state index in [0.717, 1.165) is 5.56 Å². The number of amides is 1. The lowest BCUT2D eigenvalue weighted by molar-refractivity contribution is 0.0779. The Balaban J connectivity index is 2.03. The number of nitrogens with zero attached hydrogens (tertiary/aromatic N) is 4. The number of rotatable bonds is 3. The van der Waals surface area contributed by atoms with Gasteiger partial charge in [-0.1, -0.05) is 4.49 Å². The third kappa shape index (κ3) is 2.18. The smallest absolute Gasteiger partial charge is 0.275 e. The first-order chi connectivity index (χ1) is 7.27. The average molecular weight is 223 g/mol. The molecule has 0 aliphatic rings. The first-order valence-electron chi connectivity index (χ1n) is 4.27. The van der Waals surface area contributed by atoms with E-state index in [1.165, 1.54) is 11.5 Å².